The van der Waals surface area contributed by atoms with E-state index in [0.29, 0.717) is 5.56 Å². The lowest BCUT2D eigenvalue weighted by atomic mass is 10.1. The summed E-state index contributed by atoms with van der Waals surface area (Å²) in [6, 6.07) is 4.55. The normalized spacial score (nSPS) is 10.4. The number of rotatable bonds is 7. The summed E-state index contributed by atoms with van der Waals surface area (Å²) in [7, 11) is 3.88. The molecule has 0 fully saturated rings. The third-order valence-corrected chi connectivity index (χ3v) is 3.32. The lowest BCUT2D eigenvalue weighted by Gasteiger charge is -2.14. The minimum Gasteiger partial charge on any atom is -0.493 e. The van der Waals surface area contributed by atoms with Crippen LogP contribution in [0.2, 0.25) is 0 Å². The first-order valence-electron chi connectivity index (χ1n) is 7.24. The molecule has 0 saturated carbocycles. The van der Waals surface area contributed by atoms with Gasteiger partial charge in [0, 0.05) is 18.5 Å². The molecule has 2 aromatic rings. The van der Waals surface area contributed by atoms with E-state index in [9.17, 15) is 14.9 Å². The third kappa shape index (κ3) is 3.86. The molecule has 10 heteroatoms. The highest BCUT2D eigenvalue weighted by atomic mass is 16.6. The number of carbonyl (C=O) groups excluding carboxylic acids is 1. The Kier molecular flexibility index (Phi) is 6.04. The van der Waals surface area contributed by atoms with Crippen molar-refractivity contribution in [3.05, 3.63) is 51.8 Å². The van der Waals surface area contributed by atoms with Gasteiger partial charge in [0.05, 0.1) is 32.5 Å². The number of pyridine rings is 1. The van der Waals surface area contributed by atoms with Gasteiger partial charge in [-0.25, -0.2) is 5.43 Å². The van der Waals surface area contributed by atoms with E-state index in [2.05, 4.69) is 15.5 Å². The van der Waals surface area contributed by atoms with Crippen LogP contribution in [0.15, 0.2) is 35.7 Å². The predicted octanol–water partition coefficient (Wildman–Crippen LogP) is 1.78. The maximum absolute atomic E-state index is 12.4. The number of hydrogen-bond acceptors (Lipinski definition) is 8. The molecule has 0 spiro atoms. The summed E-state index contributed by atoms with van der Waals surface area (Å²) < 4.78 is 15.3. The molecule has 2 rings (SSSR count). The number of nitro benzene ring substituents is 1. The second-order valence-corrected chi connectivity index (χ2v) is 4.78. The standard InChI is InChI=1S/C16H16N4O6/c1-24-12-8-11(13(20(22)23)15(26-3)14(12)25-2)16(21)19-18-9-10-4-6-17-7-5-10/h4-9H,1-3H3,(H,19,21)/b18-9+. The summed E-state index contributed by atoms with van der Waals surface area (Å²) in [6.45, 7) is 0. The Morgan fingerprint density at radius 2 is 1.85 bits per heavy atom. The van der Waals surface area contributed by atoms with Crippen molar-refractivity contribution < 1.29 is 23.9 Å². The molecule has 0 aliphatic rings. The molecule has 1 heterocycles. The Bertz CT molecular complexity index is 838. The Morgan fingerprint density at radius 3 is 2.38 bits per heavy atom. The number of nitrogens with zero attached hydrogens (tertiary/aromatic N) is 3. The fourth-order valence-electron chi connectivity index (χ4n) is 2.17. The van der Waals surface area contributed by atoms with Crippen LogP contribution in [0.5, 0.6) is 17.2 Å². The Labute approximate surface area is 148 Å². The molecule has 136 valence electrons. The van der Waals surface area contributed by atoms with Crippen molar-refractivity contribution in [3.8, 4) is 17.2 Å². The number of aromatic nitrogens is 1. The molecular weight excluding hydrogens is 344 g/mol. The summed E-state index contributed by atoms with van der Waals surface area (Å²) >= 11 is 0. The molecule has 0 aliphatic heterocycles. The number of carbonyl (C=O) groups is 1. The van der Waals surface area contributed by atoms with E-state index in [1.165, 1.54) is 33.6 Å². The van der Waals surface area contributed by atoms with Crippen molar-refractivity contribution in [2.45, 2.75) is 0 Å². The number of nitrogens with one attached hydrogen (secondary N) is 1. The summed E-state index contributed by atoms with van der Waals surface area (Å²) in [4.78, 5) is 27.0. The minimum absolute atomic E-state index is 0.0125. The summed E-state index contributed by atoms with van der Waals surface area (Å²) in [5, 5.41) is 15.3. The molecule has 0 saturated heterocycles. The first kappa shape index (κ1) is 18.6. The number of benzene rings is 1. The van der Waals surface area contributed by atoms with Gasteiger partial charge >= 0.3 is 5.69 Å². The molecule has 1 aromatic heterocycles. The van der Waals surface area contributed by atoms with Crippen LogP contribution in [-0.4, -0.2) is 43.4 Å². The Balaban J connectivity index is 2.42. The van der Waals surface area contributed by atoms with E-state index in [1.807, 2.05) is 0 Å². The van der Waals surface area contributed by atoms with Crippen LogP contribution in [0.1, 0.15) is 15.9 Å². The number of ether oxygens (including phenoxy) is 3. The second kappa shape index (κ2) is 8.42. The number of methoxy groups -OCH3 is 3. The highest BCUT2D eigenvalue weighted by Crippen LogP contribution is 2.46. The number of amides is 1. The van der Waals surface area contributed by atoms with Crippen LogP contribution < -0.4 is 19.6 Å². The van der Waals surface area contributed by atoms with Crippen LogP contribution >= 0.6 is 0 Å². The molecule has 0 radical (unpaired) electrons. The van der Waals surface area contributed by atoms with Crippen LogP contribution in [0.4, 0.5) is 5.69 Å². The van der Waals surface area contributed by atoms with Crippen molar-refractivity contribution >= 4 is 17.8 Å². The number of nitro groups is 1. The maximum Gasteiger partial charge on any atom is 0.327 e. The topological polar surface area (TPSA) is 125 Å². The summed E-state index contributed by atoms with van der Waals surface area (Å²) in [5.41, 5.74) is 2.10. The van der Waals surface area contributed by atoms with Gasteiger partial charge in [-0.05, 0) is 17.7 Å². The van der Waals surface area contributed by atoms with Gasteiger partial charge in [0.2, 0.25) is 11.5 Å². The van der Waals surface area contributed by atoms with Gasteiger partial charge in [0.1, 0.15) is 5.56 Å². The van der Waals surface area contributed by atoms with Gasteiger partial charge in [-0.2, -0.15) is 5.10 Å². The van der Waals surface area contributed by atoms with Crippen molar-refractivity contribution in [2.75, 3.05) is 21.3 Å². The quantitative estimate of drug-likeness (QED) is 0.453. The molecule has 26 heavy (non-hydrogen) atoms. The lowest BCUT2D eigenvalue weighted by molar-refractivity contribution is -0.386. The SMILES string of the molecule is COc1cc(C(=O)N/N=C/c2ccncc2)c([N+](=O)[O-])c(OC)c1OC. The van der Waals surface area contributed by atoms with Gasteiger partial charge in [0.15, 0.2) is 5.75 Å². The van der Waals surface area contributed by atoms with Crippen molar-refractivity contribution in [2.24, 2.45) is 5.10 Å². The minimum atomic E-state index is -0.804. The predicted molar refractivity (Wildman–Crippen MR) is 92.0 cm³/mol. The molecule has 1 N–H and O–H groups in total. The first-order chi connectivity index (χ1) is 12.5. The van der Waals surface area contributed by atoms with E-state index in [-0.39, 0.29) is 22.8 Å². The Morgan fingerprint density at radius 1 is 1.19 bits per heavy atom. The average molecular weight is 360 g/mol. The molecule has 0 bridgehead atoms. The second-order valence-electron chi connectivity index (χ2n) is 4.78. The highest BCUT2D eigenvalue weighted by Gasteiger charge is 2.32. The maximum atomic E-state index is 12.4. The molecule has 0 aliphatic carbocycles. The number of hydrazone groups is 1. The van der Waals surface area contributed by atoms with Crippen LogP contribution in [0.25, 0.3) is 0 Å². The Hall–Kier alpha value is -3.69. The zero-order valence-corrected chi connectivity index (χ0v) is 14.3. The van der Waals surface area contributed by atoms with Crippen LogP contribution in [0.3, 0.4) is 0 Å². The molecule has 1 amide bonds. The molecule has 10 nitrogen and oxygen atoms in total. The largest absolute Gasteiger partial charge is 0.493 e. The van der Waals surface area contributed by atoms with Crippen molar-refractivity contribution in [3.63, 3.8) is 0 Å². The van der Waals surface area contributed by atoms with Gasteiger partial charge in [-0.15, -0.1) is 0 Å². The van der Waals surface area contributed by atoms with Gasteiger partial charge in [-0.1, -0.05) is 0 Å². The molecule has 0 unspecified atom stereocenters. The lowest BCUT2D eigenvalue weighted by Crippen LogP contribution is -2.20. The number of hydrogen-bond donors (Lipinski definition) is 1. The van der Waals surface area contributed by atoms with Gasteiger partial charge in [-0.3, -0.25) is 19.9 Å². The molecular formula is C16H16N4O6. The average Bonchev–Trinajstić information content (AvgIpc) is 2.66. The van der Waals surface area contributed by atoms with E-state index in [4.69, 9.17) is 14.2 Å². The highest BCUT2D eigenvalue weighted by molar-refractivity contribution is 6.01. The van der Waals surface area contributed by atoms with Gasteiger partial charge < -0.3 is 14.2 Å². The van der Waals surface area contributed by atoms with Crippen LogP contribution in [0, 0.1) is 10.1 Å². The molecule has 0 atom stereocenters. The fraction of sp³-hybridized carbons (Fsp3) is 0.188. The smallest absolute Gasteiger partial charge is 0.327 e. The van der Waals surface area contributed by atoms with Gasteiger partial charge in [0.25, 0.3) is 5.91 Å². The first-order valence-corrected chi connectivity index (χ1v) is 7.24. The van der Waals surface area contributed by atoms with E-state index in [0.717, 1.165) is 0 Å². The fourth-order valence-corrected chi connectivity index (χ4v) is 2.17. The van der Waals surface area contributed by atoms with Crippen LogP contribution in [-0.2, 0) is 0 Å². The monoisotopic (exact) mass is 360 g/mol. The van der Waals surface area contributed by atoms with Crippen molar-refractivity contribution in [1.29, 1.82) is 0 Å². The van der Waals surface area contributed by atoms with E-state index >= 15 is 0 Å². The zero-order chi connectivity index (χ0) is 19.1. The van der Waals surface area contributed by atoms with Crippen molar-refractivity contribution in [1.82, 2.24) is 10.4 Å². The third-order valence-electron chi connectivity index (χ3n) is 3.32. The summed E-state index contributed by atoms with van der Waals surface area (Å²) in [5.74, 6) is -0.905. The van der Waals surface area contributed by atoms with E-state index in [1.54, 1.807) is 24.5 Å². The zero-order valence-electron chi connectivity index (χ0n) is 14.3. The van der Waals surface area contributed by atoms with E-state index < -0.39 is 16.5 Å². The molecule has 1 aromatic carbocycles. The summed E-state index contributed by atoms with van der Waals surface area (Å²) in [6.07, 6.45) is 4.50.